The van der Waals surface area contributed by atoms with Crippen LogP contribution in [0.4, 0.5) is 0 Å². The molecule has 0 aromatic heterocycles. The van der Waals surface area contributed by atoms with Crippen LogP contribution in [0.3, 0.4) is 0 Å². The van der Waals surface area contributed by atoms with Gasteiger partial charge in [-0.3, -0.25) is 0 Å². The van der Waals surface area contributed by atoms with Crippen LogP contribution in [0.1, 0.15) is 36.8 Å². The van der Waals surface area contributed by atoms with Gasteiger partial charge in [0.05, 0.1) is 0 Å². The van der Waals surface area contributed by atoms with Gasteiger partial charge < -0.3 is 15.2 Å². The van der Waals surface area contributed by atoms with E-state index in [-0.39, 0.29) is 0 Å². The summed E-state index contributed by atoms with van der Waals surface area (Å²) in [5, 5.41) is 13.3. The van der Waals surface area contributed by atoms with Gasteiger partial charge in [-0.2, -0.15) is 0 Å². The number of rotatable bonds is 6. The second-order valence-corrected chi connectivity index (χ2v) is 5.60. The van der Waals surface area contributed by atoms with Crippen molar-refractivity contribution in [1.29, 1.82) is 0 Å². The van der Waals surface area contributed by atoms with Crippen LogP contribution >= 0.6 is 0 Å². The molecule has 2 N–H and O–H groups in total. The molecule has 1 fully saturated rings. The van der Waals surface area contributed by atoms with Crippen molar-refractivity contribution in [2.24, 2.45) is 0 Å². The minimum absolute atomic E-state index is 0.349. The smallest absolute Gasteiger partial charge is 0.119 e. The summed E-state index contributed by atoms with van der Waals surface area (Å²) in [5.74, 6) is 0.836. The van der Waals surface area contributed by atoms with Gasteiger partial charge >= 0.3 is 0 Å². The summed E-state index contributed by atoms with van der Waals surface area (Å²) in [6, 6.07) is 6.62. The quantitative estimate of drug-likeness (QED) is 0.829. The zero-order valence-electron chi connectivity index (χ0n) is 12.0. The molecule has 0 aliphatic heterocycles. The largest absolute Gasteiger partial charge is 0.491 e. The molecule has 1 aliphatic rings. The van der Waals surface area contributed by atoms with Gasteiger partial charge in [-0.1, -0.05) is 18.9 Å². The summed E-state index contributed by atoms with van der Waals surface area (Å²) in [4.78, 5) is 0. The normalized spacial score (nSPS) is 17.6. The van der Waals surface area contributed by atoms with Crippen molar-refractivity contribution in [2.45, 2.75) is 51.7 Å². The molecule has 19 heavy (non-hydrogen) atoms. The Kier molecular flexibility index (Phi) is 5.23. The van der Waals surface area contributed by atoms with Crippen molar-refractivity contribution in [3.63, 3.8) is 0 Å². The molecule has 106 valence electrons. The number of nitrogens with one attached hydrogen (secondary N) is 1. The summed E-state index contributed by atoms with van der Waals surface area (Å²) in [5.41, 5.74) is 2.48. The lowest BCUT2D eigenvalue weighted by Crippen LogP contribution is -2.36. The average molecular weight is 263 g/mol. The first-order valence-corrected chi connectivity index (χ1v) is 7.26. The Morgan fingerprint density at radius 2 is 2.00 bits per heavy atom. The lowest BCUT2D eigenvalue weighted by molar-refractivity contribution is 0.104. The van der Waals surface area contributed by atoms with Crippen LogP contribution in [0.15, 0.2) is 18.2 Å². The molecule has 1 aromatic carbocycles. The topological polar surface area (TPSA) is 41.5 Å². The second-order valence-electron chi connectivity index (χ2n) is 5.60. The van der Waals surface area contributed by atoms with Gasteiger partial charge in [-0.15, -0.1) is 0 Å². The van der Waals surface area contributed by atoms with Crippen LogP contribution in [-0.2, 0) is 0 Å². The lowest BCUT2D eigenvalue weighted by atomic mass is 10.1. The molecule has 1 aromatic rings. The fourth-order valence-corrected chi connectivity index (χ4v) is 2.49. The maximum atomic E-state index is 9.91. The standard InChI is InChI=1S/C16H25NO2/c1-12-7-8-16(9-13(12)2)19-11-15(18)10-17-14-5-3-4-6-14/h7-9,14-15,17-18H,3-6,10-11H2,1-2H3/t15-/m0/s1. The Balaban J connectivity index is 1.70. The van der Waals surface area contributed by atoms with Crippen LogP contribution in [0.25, 0.3) is 0 Å². The van der Waals surface area contributed by atoms with E-state index >= 15 is 0 Å². The molecule has 1 aliphatic carbocycles. The highest BCUT2D eigenvalue weighted by atomic mass is 16.5. The van der Waals surface area contributed by atoms with Gasteiger partial charge in [0.15, 0.2) is 0 Å². The predicted molar refractivity (Wildman–Crippen MR) is 77.7 cm³/mol. The number of aliphatic hydroxyl groups is 1. The van der Waals surface area contributed by atoms with Gasteiger partial charge in [-0.05, 0) is 49.9 Å². The summed E-state index contributed by atoms with van der Waals surface area (Å²) < 4.78 is 5.63. The fraction of sp³-hybridized carbons (Fsp3) is 0.625. The first-order valence-electron chi connectivity index (χ1n) is 7.26. The van der Waals surface area contributed by atoms with E-state index in [0.717, 1.165) is 5.75 Å². The van der Waals surface area contributed by atoms with Gasteiger partial charge in [0.25, 0.3) is 0 Å². The number of benzene rings is 1. The van der Waals surface area contributed by atoms with E-state index in [0.29, 0.717) is 19.2 Å². The van der Waals surface area contributed by atoms with Crippen molar-refractivity contribution in [1.82, 2.24) is 5.32 Å². The van der Waals surface area contributed by atoms with Crippen LogP contribution in [0, 0.1) is 13.8 Å². The number of hydrogen-bond donors (Lipinski definition) is 2. The molecule has 0 radical (unpaired) electrons. The monoisotopic (exact) mass is 263 g/mol. The van der Waals surface area contributed by atoms with Gasteiger partial charge in [0, 0.05) is 12.6 Å². The Morgan fingerprint density at radius 1 is 1.26 bits per heavy atom. The Hall–Kier alpha value is -1.06. The molecule has 0 bridgehead atoms. The van der Waals surface area contributed by atoms with E-state index in [2.05, 4.69) is 19.2 Å². The fourth-order valence-electron chi connectivity index (χ4n) is 2.49. The highest BCUT2D eigenvalue weighted by Crippen LogP contribution is 2.18. The highest BCUT2D eigenvalue weighted by Gasteiger charge is 2.15. The predicted octanol–water partition coefficient (Wildman–Crippen LogP) is 2.58. The lowest BCUT2D eigenvalue weighted by Gasteiger charge is -2.17. The maximum absolute atomic E-state index is 9.91. The molecule has 3 nitrogen and oxygen atoms in total. The van der Waals surface area contributed by atoms with Crippen molar-refractivity contribution in [2.75, 3.05) is 13.2 Å². The zero-order valence-corrected chi connectivity index (χ0v) is 12.0. The van der Waals surface area contributed by atoms with E-state index in [4.69, 9.17) is 4.74 Å². The summed E-state index contributed by atoms with van der Waals surface area (Å²) in [7, 11) is 0. The highest BCUT2D eigenvalue weighted by molar-refractivity contribution is 5.33. The minimum atomic E-state index is -0.442. The van der Waals surface area contributed by atoms with E-state index in [1.54, 1.807) is 0 Å². The molecular weight excluding hydrogens is 238 g/mol. The third kappa shape index (κ3) is 4.51. The molecule has 3 heteroatoms. The van der Waals surface area contributed by atoms with Gasteiger partial charge in [0.2, 0.25) is 0 Å². The van der Waals surface area contributed by atoms with Crippen molar-refractivity contribution in [3.8, 4) is 5.75 Å². The minimum Gasteiger partial charge on any atom is -0.491 e. The Morgan fingerprint density at radius 3 is 2.68 bits per heavy atom. The number of aryl methyl sites for hydroxylation is 2. The summed E-state index contributed by atoms with van der Waals surface area (Å²) in [6.45, 7) is 5.12. The van der Waals surface area contributed by atoms with E-state index in [1.807, 2.05) is 18.2 Å². The SMILES string of the molecule is Cc1ccc(OC[C@@H](O)CNC2CCCC2)cc1C. The molecule has 0 heterocycles. The van der Waals surface area contributed by atoms with E-state index < -0.39 is 6.10 Å². The van der Waals surface area contributed by atoms with Crippen molar-refractivity contribution >= 4 is 0 Å². The third-order valence-electron chi connectivity index (χ3n) is 3.92. The average Bonchev–Trinajstić information content (AvgIpc) is 2.91. The Bertz CT molecular complexity index is 400. The van der Waals surface area contributed by atoms with Crippen LogP contribution in [0.5, 0.6) is 5.75 Å². The molecule has 1 atom stereocenters. The zero-order chi connectivity index (χ0) is 13.7. The van der Waals surface area contributed by atoms with Crippen LogP contribution in [0.2, 0.25) is 0 Å². The van der Waals surface area contributed by atoms with Gasteiger partial charge in [-0.25, -0.2) is 0 Å². The number of hydrogen-bond acceptors (Lipinski definition) is 3. The summed E-state index contributed by atoms with van der Waals surface area (Å²) >= 11 is 0. The van der Waals surface area contributed by atoms with Crippen LogP contribution in [-0.4, -0.2) is 30.4 Å². The molecule has 0 unspecified atom stereocenters. The van der Waals surface area contributed by atoms with Gasteiger partial charge in [0.1, 0.15) is 18.5 Å². The first-order chi connectivity index (χ1) is 9.15. The Labute approximate surface area is 116 Å². The second kappa shape index (κ2) is 6.92. The van der Waals surface area contributed by atoms with E-state index in [9.17, 15) is 5.11 Å². The molecular formula is C16H25NO2. The maximum Gasteiger partial charge on any atom is 0.119 e. The number of ether oxygens (including phenoxy) is 1. The molecule has 0 amide bonds. The molecule has 1 saturated carbocycles. The van der Waals surface area contributed by atoms with Crippen molar-refractivity contribution in [3.05, 3.63) is 29.3 Å². The van der Waals surface area contributed by atoms with Crippen LogP contribution < -0.4 is 10.1 Å². The number of aliphatic hydroxyl groups excluding tert-OH is 1. The van der Waals surface area contributed by atoms with Crippen molar-refractivity contribution < 1.29 is 9.84 Å². The third-order valence-corrected chi connectivity index (χ3v) is 3.92. The molecule has 0 spiro atoms. The summed E-state index contributed by atoms with van der Waals surface area (Å²) in [6.07, 6.45) is 4.66. The molecule has 0 saturated heterocycles. The van der Waals surface area contributed by atoms with E-state index in [1.165, 1.54) is 36.8 Å². The molecule has 2 rings (SSSR count). The first kappa shape index (κ1) is 14.4.